The minimum Gasteiger partial charge on any atom is -0.508 e. The summed E-state index contributed by atoms with van der Waals surface area (Å²) in [7, 11) is 0. The number of carbonyl (C=O) groups excluding carboxylic acids is 3. The summed E-state index contributed by atoms with van der Waals surface area (Å²) in [5.74, 6) is -3.37. The molecule has 0 spiro atoms. The van der Waals surface area contributed by atoms with E-state index in [1.165, 1.54) is 30.6 Å². The maximum Gasteiger partial charge on any atom is 0.326 e. The summed E-state index contributed by atoms with van der Waals surface area (Å²) in [6.07, 6.45) is 4.78. The number of carbonyl (C=O) groups is 4. The summed E-state index contributed by atoms with van der Waals surface area (Å²) in [6, 6.07) is 14.5. The highest BCUT2D eigenvalue weighted by molar-refractivity contribution is 5.95. The highest BCUT2D eigenvalue weighted by Crippen LogP contribution is 2.20. The molecular formula is C35H37N7O7. The summed E-state index contributed by atoms with van der Waals surface area (Å²) in [4.78, 5) is 63.2. The van der Waals surface area contributed by atoms with Crippen molar-refractivity contribution in [3.8, 4) is 11.5 Å². The smallest absolute Gasteiger partial charge is 0.326 e. The Morgan fingerprint density at radius 2 is 1.24 bits per heavy atom. The monoisotopic (exact) mass is 667 g/mol. The summed E-state index contributed by atoms with van der Waals surface area (Å²) in [5, 5.41) is 38.1. The zero-order valence-electron chi connectivity index (χ0n) is 26.3. The van der Waals surface area contributed by atoms with Crippen molar-refractivity contribution in [3.63, 3.8) is 0 Å². The number of aliphatic carboxylic acids is 1. The van der Waals surface area contributed by atoms with Crippen molar-refractivity contribution < 1.29 is 34.5 Å². The Kier molecular flexibility index (Phi) is 10.9. The highest BCUT2D eigenvalue weighted by Gasteiger charge is 2.31. The summed E-state index contributed by atoms with van der Waals surface area (Å²) < 4.78 is 0. The summed E-state index contributed by atoms with van der Waals surface area (Å²) in [5.41, 5.74) is 9.51. The number of aromatic hydroxyl groups is 2. The van der Waals surface area contributed by atoms with Crippen molar-refractivity contribution in [2.75, 3.05) is 0 Å². The highest BCUT2D eigenvalue weighted by atomic mass is 16.4. The predicted molar refractivity (Wildman–Crippen MR) is 179 cm³/mol. The molecule has 0 aliphatic rings. The molecule has 5 aromatic rings. The molecule has 254 valence electrons. The maximum absolute atomic E-state index is 14.0. The van der Waals surface area contributed by atoms with E-state index in [0.29, 0.717) is 16.8 Å². The number of rotatable bonds is 15. The quantitative estimate of drug-likeness (QED) is 0.0784. The van der Waals surface area contributed by atoms with Crippen LogP contribution in [-0.2, 0) is 44.9 Å². The molecule has 3 aromatic carbocycles. The number of aromatic nitrogens is 3. The summed E-state index contributed by atoms with van der Waals surface area (Å²) >= 11 is 0. The third-order valence-electron chi connectivity index (χ3n) is 8.06. The van der Waals surface area contributed by atoms with Crippen LogP contribution in [0.1, 0.15) is 22.4 Å². The molecule has 0 fully saturated rings. The third-order valence-corrected chi connectivity index (χ3v) is 8.06. The number of aromatic amines is 2. The molecule has 10 N–H and O–H groups in total. The largest absolute Gasteiger partial charge is 0.508 e. The van der Waals surface area contributed by atoms with Crippen molar-refractivity contribution in [2.24, 2.45) is 5.73 Å². The van der Waals surface area contributed by atoms with Gasteiger partial charge < -0.3 is 47.0 Å². The van der Waals surface area contributed by atoms with Gasteiger partial charge in [-0.2, -0.15) is 0 Å². The Bertz CT molecular complexity index is 1890. The number of nitrogens with two attached hydrogens (primary N) is 1. The van der Waals surface area contributed by atoms with Gasteiger partial charge in [0.05, 0.1) is 12.4 Å². The van der Waals surface area contributed by atoms with E-state index in [9.17, 15) is 34.5 Å². The molecule has 5 rings (SSSR count). The number of H-pyrrole nitrogens is 2. The van der Waals surface area contributed by atoms with Crippen LogP contribution in [0.25, 0.3) is 10.9 Å². The third kappa shape index (κ3) is 9.23. The molecule has 0 saturated carbocycles. The van der Waals surface area contributed by atoms with Gasteiger partial charge in [-0.25, -0.2) is 9.78 Å². The van der Waals surface area contributed by atoms with Crippen molar-refractivity contribution in [1.29, 1.82) is 0 Å². The second-order valence-electron chi connectivity index (χ2n) is 11.7. The lowest BCUT2D eigenvalue weighted by Crippen LogP contribution is -2.58. The van der Waals surface area contributed by atoms with Crippen LogP contribution in [0, 0.1) is 0 Å². The van der Waals surface area contributed by atoms with Gasteiger partial charge in [0, 0.05) is 54.7 Å². The van der Waals surface area contributed by atoms with Crippen molar-refractivity contribution in [1.82, 2.24) is 30.9 Å². The fourth-order valence-electron chi connectivity index (χ4n) is 5.42. The molecule has 0 aliphatic heterocycles. The topological polar surface area (TPSA) is 236 Å². The van der Waals surface area contributed by atoms with Gasteiger partial charge >= 0.3 is 5.97 Å². The minimum atomic E-state index is -1.36. The Morgan fingerprint density at radius 1 is 0.694 bits per heavy atom. The van der Waals surface area contributed by atoms with Crippen molar-refractivity contribution in [2.45, 2.75) is 49.9 Å². The van der Waals surface area contributed by atoms with E-state index in [0.717, 1.165) is 16.5 Å². The van der Waals surface area contributed by atoms with Gasteiger partial charge in [-0.3, -0.25) is 14.4 Å². The summed E-state index contributed by atoms with van der Waals surface area (Å²) in [6.45, 7) is 0. The van der Waals surface area contributed by atoms with E-state index in [2.05, 4.69) is 30.9 Å². The number of nitrogens with zero attached hydrogens (tertiary/aromatic N) is 1. The van der Waals surface area contributed by atoms with E-state index in [1.54, 1.807) is 36.7 Å². The van der Waals surface area contributed by atoms with E-state index < -0.39 is 47.9 Å². The molecule has 14 nitrogen and oxygen atoms in total. The van der Waals surface area contributed by atoms with Gasteiger partial charge in [0.25, 0.3) is 0 Å². The number of para-hydroxylation sites is 1. The van der Waals surface area contributed by atoms with Gasteiger partial charge in [0.1, 0.15) is 29.6 Å². The number of carboxylic acids is 1. The van der Waals surface area contributed by atoms with Gasteiger partial charge in [-0.15, -0.1) is 0 Å². The van der Waals surface area contributed by atoms with Crippen LogP contribution in [0.2, 0.25) is 0 Å². The number of hydrogen-bond acceptors (Lipinski definition) is 8. The fourth-order valence-corrected chi connectivity index (χ4v) is 5.42. The Balaban J connectivity index is 1.39. The first kappa shape index (κ1) is 34.2. The first-order valence-corrected chi connectivity index (χ1v) is 15.5. The van der Waals surface area contributed by atoms with Crippen LogP contribution in [0.5, 0.6) is 11.5 Å². The number of hydrogen-bond donors (Lipinski definition) is 9. The molecular weight excluding hydrogens is 630 g/mol. The van der Waals surface area contributed by atoms with Crippen molar-refractivity contribution >= 4 is 34.6 Å². The molecule has 0 bridgehead atoms. The second kappa shape index (κ2) is 15.6. The Hall–Kier alpha value is -6.15. The lowest BCUT2D eigenvalue weighted by atomic mass is 10.0. The standard InChI is InChI=1S/C35H37N7O7/c36-27(16-23-18-37-19-39-23)32(45)40-30(15-22-17-38-28-4-2-1-3-26(22)28)34(47)41-29(13-20-5-9-24(43)10-6-20)33(46)42-31(35(48)49)14-21-7-11-25(44)12-8-21/h1-12,17-19,27,29-31,38,43-44H,13-16,36H2,(H,37,39)(H,40,45)(H,41,47)(H,42,46)(H,48,49). The van der Waals surface area contributed by atoms with Crippen LogP contribution in [0.4, 0.5) is 0 Å². The predicted octanol–water partition coefficient (Wildman–Crippen LogP) is 1.44. The van der Waals surface area contributed by atoms with Gasteiger partial charge in [-0.05, 0) is 47.0 Å². The van der Waals surface area contributed by atoms with Gasteiger partial charge in [0.2, 0.25) is 17.7 Å². The number of fused-ring (bicyclic) bond motifs is 1. The maximum atomic E-state index is 14.0. The number of phenols is 2. The minimum absolute atomic E-state index is 0.00148. The molecule has 4 unspecified atom stereocenters. The number of amides is 3. The molecule has 0 radical (unpaired) electrons. The molecule has 2 aromatic heterocycles. The lowest BCUT2D eigenvalue weighted by Gasteiger charge is -2.25. The molecule has 49 heavy (non-hydrogen) atoms. The fraction of sp³-hybridized carbons (Fsp3) is 0.229. The van der Waals surface area contributed by atoms with Crippen LogP contribution >= 0.6 is 0 Å². The van der Waals surface area contributed by atoms with E-state index in [-0.39, 0.29) is 37.2 Å². The number of carboxylic acid groups (broad SMARTS) is 1. The normalized spacial score (nSPS) is 13.6. The number of phenolic OH excluding ortho intramolecular Hbond substituents is 2. The molecule has 2 heterocycles. The Labute approximate surface area is 280 Å². The van der Waals surface area contributed by atoms with Crippen LogP contribution in [0.3, 0.4) is 0 Å². The molecule has 14 heteroatoms. The van der Waals surface area contributed by atoms with Crippen LogP contribution < -0.4 is 21.7 Å². The number of benzene rings is 3. The zero-order valence-corrected chi connectivity index (χ0v) is 26.3. The number of nitrogens with one attached hydrogen (secondary N) is 5. The van der Waals surface area contributed by atoms with Gasteiger partial charge in [0.15, 0.2) is 0 Å². The van der Waals surface area contributed by atoms with Crippen LogP contribution in [-0.4, -0.2) is 78.1 Å². The zero-order chi connectivity index (χ0) is 34.9. The SMILES string of the molecule is NC(Cc1cnc[nH]1)C(=O)NC(Cc1c[nH]c2ccccc12)C(=O)NC(Cc1ccc(O)cc1)C(=O)NC(Cc1ccc(O)cc1)C(=O)O. The van der Waals surface area contributed by atoms with E-state index in [1.807, 2.05) is 24.3 Å². The lowest BCUT2D eigenvalue weighted by molar-refractivity contribution is -0.142. The average molecular weight is 668 g/mol. The Morgan fingerprint density at radius 3 is 1.84 bits per heavy atom. The van der Waals surface area contributed by atoms with E-state index >= 15 is 0 Å². The van der Waals surface area contributed by atoms with Crippen molar-refractivity contribution in [3.05, 3.63) is 114 Å². The second-order valence-corrected chi connectivity index (χ2v) is 11.7. The average Bonchev–Trinajstić information content (AvgIpc) is 3.75. The first-order chi connectivity index (χ1) is 23.5. The van der Waals surface area contributed by atoms with Gasteiger partial charge in [-0.1, -0.05) is 42.5 Å². The van der Waals surface area contributed by atoms with E-state index in [4.69, 9.17) is 5.73 Å². The molecule has 3 amide bonds. The molecule has 0 aliphatic carbocycles. The number of imidazole rings is 1. The molecule has 0 saturated heterocycles. The van der Waals surface area contributed by atoms with Crippen LogP contribution in [0.15, 0.2) is 91.5 Å². The first-order valence-electron chi connectivity index (χ1n) is 15.5. The molecule has 4 atom stereocenters.